The molecule has 0 spiro atoms. The summed E-state index contributed by atoms with van der Waals surface area (Å²) in [7, 11) is 0. The summed E-state index contributed by atoms with van der Waals surface area (Å²) < 4.78 is 0. The van der Waals surface area contributed by atoms with Gasteiger partial charge in [-0.3, -0.25) is 9.59 Å². The number of amides is 2. The number of hydrogen-bond donors (Lipinski definition) is 0. The van der Waals surface area contributed by atoms with Crippen molar-refractivity contribution in [2.24, 2.45) is 0 Å². The molecule has 0 saturated carbocycles. The molecule has 3 nitrogen and oxygen atoms in total. The Morgan fingerprint density at radius 2 is 1.64 bits per heavy atom. The van der Waals surface area contributed by atoms with Crippen LogP contribution in [0.25, 0.3) is 0 Å². The third-order valence-electron chi connectivity index (χ3n) is 2.14. The molecule has 1 aliphatic rings. The van der Waals surface area contributed by atoms with E-state index in [1.165, 1.54) is 0 Å². The first-order chi connectivity index (χ1) is 6.70. The molecule has 0 N–H and O–H groups in total. The van der Waals surface area contributed by atoms with Crippen molar-refractivity contribution in [1.82, 2.24) is 0 Å². The Morgan fingerprint density at radius 3 is 2.21 bits per heavy atom. The molecule has 4 heteroatoms. The fourth-order valence-electron chi connectivity index (χ4n) is 1.48. The molecule has 1 aromatic carbocycles. The van der Waals surface area contributed by atoms with Crippen LogP contribution in [0.5, 0.6) is 0 Å². The zero-order valence-corrected chi connectivity index (χ0v) is 8.12. The Kier molecular flexibility index (Phi) is 2.25. The fourth-order valence-corrected chi connectivity index (χ4v) is 1.70. The van der Waals surface area contributed by atoms with Crippen LogP contribution in [-0.4, -0.2) is 11.8 Å². The minimum atomic E-state index is -0.178. The SMILES string of the molecule is O=C1CCC(=O)N1c1ccccc1Cl. The lowest BCUT2D eigenvalue weighted by Gasteiger charge is -2.14. The van der Waals surface area contributed by atoms with Gasteiger partial charge in [0.1, 0.15) is 0 Å². The average Bonchev–Trinajstić information content (AvgIpc) is 2.48. The summed E-state index contributed by atoms with van der Waals surface area (Å²) in [5.41, 5.74) is 0.488. The number of halogens is 1. The molecule has 1 heterocycles. The van der Waals surface area contributed by atoms with Crippen molar-refractivity contribution in [2.45, 2.75) is 12.8 Å². The van der Waals surface area contributed by atoms with Crippen LogP contribution >= 0.6 is 11.6 Å². The van der Waals surface area contributed by atoms with Gasteiger partial charge in [0.25, 0.3) is 0 Å². The standard InChI is InChI=1S/C10H8ClNO2/c11-7-3-1-2-4-8(7)12-9(13)5-6-10(12)14/h1-4H,5-6H2. The molecule has 1 saturated heterocycles. The van der Waals surface area contributed by atoms with Gasteiger partial charge in [-0.1, -0.05) is 23.7 Å². The quantitative estimate of drug-likeness (QED) is 0.664. The first-order valence-electron chi connectivity index (χ1n) is 4.30. The van der Waals surface area contributed by atoms with E-state index in [0.717, 1.165) is 4.90 Å². The number of carbonyl (C=O) groups is 2. The molecule has 0 aliphatic carbocycles. The van der Waals surface area contributed by atoms with Crippen LogP contribution in [0.2, 0.25) is 5.02 Å². The Bertz CT molecular complexity index is 387. The summed E-state index contributed by atoms with van der Waals surface area (Å²) in [6.45, 7) is 0. The Balaban J connectivity index is 2.44. The smallest absolute Gasteiger partial charge is 0.234 e. The van der Waals surface area contributed by atoms with Crippen molar-refractivity contribution in [1.29, 1.82) is 0 Å². The summed E-state index contributed by atoms with van der Waals surface area (Å²) in [5, 5.41) is 0.427. The van der Waals surface area contributed by atoms with Gasteiger partial charge in [0.05, 0.1) is 10.7 Å². The van der Waals surface area contributed by atoms with Gasteiger partial charge in [-0.25, -0.2) is 4.90 Å². The summed E-state index contributed by atoms with van der Waals surface area (Å²) in [4.78, 5) is 23.9. The predicted molar refractivity (Wildman–Crippen MR) is 53.2 cm³/mol. The second-order valence-electron chi connectivity index (χ2n) is 3.07. The molecule has 2 rings (SSSR count). The molecule has 0 radical (unpaired) electrons. The maximum Gasteiger partial charge on any atom is 0.234 e. The molecule has 2 amide bonds. The van der Waals surface area contributed by atoms with E-state index in [2.05, 4.69) is 0 Å². The zero-order valence-electron chi connectivity index (χ0n) is 7.37. The highest BCUT2D eigenvalue weighted by Gasteiger charge is 2.31. The minimum absolute atomic E-state index is 0.178. The first-order valence-corrected chi connectivity index (χ1v) is 4.68. The van der Waals surface area contributed by atoms with E-state index in [4.69, 9.17) is 11.6 Å². The van der Waals surface area contributed by atoms with Crippen LogP contribution in [0.1, 0.15) is 12.8 Å². The van der Waals surface area contributed by atoms with Gasteiger partial charge in [0.2, 0.25) is 11.8 Å². The van der Waals surface area contributed by atoms with Gasteiger partial charge < -0.3 is 0 Å². The number of hydrogen-bond acceptors (Lipinski definition) is 2. The monoisotopic (exact) mass is 209 g/mol. The molecule has 0 atom stereocenters. The predicted octanol–water partition coefficient (Wildman–Crippen LogP) is 1.99. The van der Waals surface area contributed by atoms with Gasteiger partial charge in [-0.15, -0.1) is 0 Å². The number of para-hydroxylation sites is 1. The van der Waals surface area contributed by atoms with E-state index in [1.807, 2.05) is 0 Å². The number of imide groups is 1. The Labute approximate surface area is 86.3 Å². The number of benzene rings is 1. The van der Waals surface area contributed by atoms with Crippen molar-refractivity contribution >= 4 is 29.1 Å². The number of rotatable bonds is 1. The lowest BCUT2D eigenvalue weighted by molar-refractivity contribution is -0.121. The van der Waals surface area contributed by atoms with E-state index < -0.39 is 0 Å². The third kappa shape index (κ3) is 1.40. The average molecular weight is 210 g/mol. The lowest BCUT2D eigenvalue weighted by Crippen LogP contribution is -2.28. The molecule has 0 aromatic heterocycles. The maximum absolute atomic E-state index is 11.4. The maximum atomic E-state index is 11.4. The normalized spacial score (nSPS) is 16.5. The van der Waals surface area contributed by atoms with E-state index in [1.54, 1.807) is 24.3 Å². The largest absolute Gasteiger partial charge is 0.274 e. The van der Waals surface area contributed by atoms with Crippen LogP contribution in [0.3, 0.4) is 0 Å². The molecule has 0 unspecified atom stereocenters. The number of carbonyl (C=O) groups excluding carboxylic acids is 2. The summed E-state index contributed by atoms with van der Waals surface area (Å²) >= 11 is 5.89. The third-order valence-corrected chi connectivity index (χ3v) is 2.46. The van der Waals surface area contributed by atoms with E-state index in [9.17, 15) is 9.59 Å². The molecule has 1 aromatic rings. The molecular weight excluding hydrogens is 202 g/mol. The summed E-state index contributed by atoms with van der Waals surface area (Å²) in [6, 6.07) is 6.84. The lowest BCUT2D eigenvalue weighted by atomic mass is 10.3. The molecular formula is C10H8ClNO2. The van der Waals surface area contributed by atoms with Gasteiger partial charge in [-0.05, 0) is 12.1 Å². The topological polar surface area (TPSA) is 37.4 Å². The van der Waals surface area contributed by atoms with Crippen molar-refractivity contribution in [3.05, 3.63) is 29.3 Å². The summed E-state index contributed by atoms with van der Waals surface area (Å²) in [5.74, 6) is -0.355. The van der Waals surface area contributed by atoms with E-state index in [0.29, 0.717) is 10.7 Å². The van der Waals surface area contributed by atoms with E-state index >= 15 is 0 Å². The molecule has 14 heavy (non-hydrogen) atoms. The van der Waals surface area contributed by atoms with Gasteiger partial charge in [-0.2, -0.15) is 0 Å². The van der Waals surface area contributed by atoms with E-state index in [-0.39, 0.29) is 24.7 Å². The highest BCUT2D eigenvalue weighted by atomic mass is 35.5. The molecule has 1 fully saturated rings. The van der Waals surface area contributed by atoms with Crippen LogP contribution in [0.15, 0.2) is 24.3 Å². The van der Waals surface area contributed by atoms with Crippen LogP contribution in [0.4, 0.5) is 5.69 Å². The Hall–Kier alpha value is -1.35. The van der Waals surface area contributed by atoms with Crippen LogP contribution in [-0.2, 0) is 9.59 Å². The molecule has 0 bridgehead atoms. The van der Waals surface area contributed by atoms with Crippen LogP contribution in [0, 0.1) is 0 Å². The fraction of sp³-hybridized carbons (Fsp3) is 0.200. The summed E-state index contributed by atoms with van der Waals surface area (Å²) in [6.07, 6.45) is 0.564. The van der Waals surface area contributed by atoms with Crippen molar-refractivity contribution in [2.75, 3.05) is 4.90 Å². The second kappa shape index (κ2) is 3.42. The van der Waals surface area contributed by atoms with Gasteiger partial charge >= 0.3 is 0 Å². The second-order valence-corrected chi connectivity index (χ2v) is 3.48. The van der Waals surface area contributed by atoms with Crippen molar-refractivity contribution in [3.8, 4) is 0 Å². The Morgan fingerprint density at radius 1 is 1.07 bits per heavy atom. The zero-order chi connectivity index (χ0) is 10.1. The van der Waals surface area contributed by atoms with Crippen LogP contribution < -0.4 is 4.90 Å². The van der Waals surface area contributed by atoms with Gasteiger partial charge in [0, 0.05) is 12.8 Å². The van der Waals surface area contributed by atoms with Crippen molar-refractivity contribution < 1.29 is 9.59 Å². The molecule has 1 aliphatic heterocycles. The first kappa shape index (κ1) is 9.21. The van der Waals surface area contributed by atoms with Gasteiger partial charge in [0.15, 0.2) is 0 Å². The minimum Gasteiger partial charge on any atom is -0.274 e. The molecule has 72 valence electrons. The highest BCUT2D eigenvalue weighted by Crippen LogP contribution is 2.29. The van der Waals surface area contributed by atoms with Crippen molar-refractivity contribution in [3.63, 3.8) is 0 Å². The highest BCUT2D eigenvalue weighted by molar-refractivity contribution is 6.35. The number of nitrogens with zero attached hydrogens (tertiary/aromatic N) is 1. The number of anilines is 1.